The van der Waals surface area contributed by atoms with Crippen LogP contribution in [0.3, 0.4) is 0 Å². The van der Waals surface area contributed by atoms with Crippen molar-refractivity contribution in [3.05, 3.63) is 23.9 Å². The Bertz CT molecular complexity index is 677. The first kappa shape index (κ1) is 25.6. The molecule has 0 saturated carbocycles. The molecule has 0 amide bonds. The number of aryl methyl sites for hydroxylation is 1. The Hall–Kier alpha value is -1.47. The smallest absolute Gasteiger partial charge is 0.303 e. The predicted molar refractivity (Wildman–Crippen MR) is 116 cm³/mol. The number of pyridine rings is 1. The van der Waals surface area contributed by atoms with Crippen LogP contribution in [0.2, 0.25) is 0 Å². The number of nitrogens with zero attached hydrogens (tertiary/aromatic N) is 1. The van der Waals surface area contributed by atoms with Gasteiger partial charge in [-0.3, -0.25) is 4.79 Å². The van der Waals surface area contributed by atoms with Crippen molar-refractivity contribution in [2.75, 3.05) is 6.54 Å². The molecule has 0 unspecified atom stereocenters. The molecule has 0 spiro atoms. The summed E-state index contributed by atoms with van der Waals surface area (Å²) >= 11 is 0. The maximum atomic E-state index is 12.1. The Morgan fingerprint density at radius 2 is 1.38 bits per heavy atom. The number of carboxylic acids is 1. The van der Waals surface area contributed by atoms with E-state index >= 15 is 0 Å². The number of aromatic nitrogens is 1. The Balaban J connectivity index is 1.88. The summed E-state index contributed by atoms with van der Waals surface area (Å²) in [6, 6.07) is 3.37. The highest BCUT2D eigenvalue weighted by Crippen LogP contribution is 2.13. The molecule has 1 rings (SSSR count). The van der Waals surface area contributed by atoms with Crippen LogP contribution in [0.4, 0.5) is 0 Å². The van der Waals surface area contributed by atoms with Gasteiger partial charge < -0.3 is 5.11 Å². The molecular formula is C22H38N2O4S. The Morgan fingerprint density at radius 3 is 1.86 bits per heavy atom. The van der Waals surface area contributed by atoms with Crippen LogP contribution in [0.1, 0.15) is 95.5 Å². The monoisotopic (exact) mass is 426 g/mol. The van der Waals surface area contributed by atoms with Gasteiger partial charge in [0.2, 0.25) is 0 Å². The summed E-state index contributed by atoms with van der Waals surface area (Å²) in [5.41, 5.74) is 0.885. The normalized spacial score (nSPS) is 11.6. The quantitative estimate of drug-likeness (QED) is 0.314. The van der Waals surface area contributed by atoms with Gasteiger partial charge in [-0.1, -0.05) is 70.6 Å². The summed E-state index contributed by atoms with van der Waals surface area (Å²) in [4.78, 5) is 14.3. The van der Waals surface area contributed by atoms with Gasteiger partial charge in [0.05, 0.1) is 0 Å². The fraction of sp³-hybridized carbons (Fsp3) is 0.727. The van der Waals surface area contributed by atoms with Gasteiger partial charge in [0.25, 0.3) is 10.0 Å². The molecule has 0 aliphatic rings. The number of sulfonamides is 1. The maximum absolute atomic E-state index is 12.1. The predicted octanol–water partition coefficient (Wildman–Crippen LogP) is 5.21. The molecule has 2 N–H and O–H groups in total. The molecule has 1 heterocycles. The maximum Gasteiger partial charge on any atom is 0.303 e. The minimum atomic E-state index is -3.49. The molecule has 1 aromatic heterocycles. The fourth-order valence-electron chi connectivity index (χ4n) is 3.28. The van der Waals surface area contributed by atoms with Crippen molar-refractivity contribution >= 4 is 16.0 Å². The van der Waals surface area contributed by atoms with E-state index in [1.165, 1.54) is 51.1 Å². The van der Waals surface area contributed by atoms with E-state index in [2.05, 4.69) is 9.71 Å². The van der Waals surface area contributed by atoms with E-state index in [4.69, 9.17) is 5.11 Å². The molecule has 1 aromatic rings. The Kier molecular flexibility index (Phi) is 13.6. The second-order valence-electron chi connectivity index (χ2n) is 7.81. The Labute approximate surface area is 176 Å². The minimum absolute atomic E-state index is 0.0951. The van der Waals surface area contributed by atoms with Crippen LogP contribution in [0, 0.1) is 6.92 Å². The van der Waals surface area contributed by atoms with Crippen LogP contribution in [0.25, 0.3) is 0 Å². The molecule has 0 aliphatic carbocycles. The zero-order chi connectivity index (χ0) is 21.4. The third kappa shape index (κ3) is 13.4. The molecule has 6 nitrogen and oxygen atoms in total. The molecule has 0 bridgehead atoms. The fourth-order valence-corrected chi connectivity index (χ4v) is 4.38. The van der Waals surface area contributed by atoms with E-state index < -0.39 is 16.0 Å². The number of nitrogens with one attached hydrogen (secondary N) is 1. The van der Waals surface area contributed by atoms with Gasteiger partial charge in [0.1, 0.15) is 0 Å². The molecule has 0 saturated heterocycles. The summed E-state index contributed by atoms with van der Waals surface area (Å²) in [5.74, 6) is -0.689. The van der Waals surface area contributed by atoms with E-state index in [0.29, 0.717) is 13.0 Å². The molecule has 7 heteroatoms. The van der Waals surface area contributed by atoms with E-state index in [1.807, 2.05) is 6.92 Å². The highest BCUT2D eigenvalue weighted by molar-refractivity contribution is 7.89. The van der Waals surface area contributed by atoms with Crippen LogP contribution in [-0.4, -0.2) is 31.0 Å². The number of hydrogen-bond donors (Lipinski definition) is 2. The second kappa shape index (κ2) is 15.4. The van der Waals surface area contributed by atoms with Crippen molar-refractivity contribution in [2.45, 2.75) is 102 Å². The minimum Gasteiger partial charge on any atom is -0.481 e. The van der Waals surface area contributed by atoms with Crippen LogP contribution in [0.15, 0.2) is 23.4 Å². The lowest BCUT2D eigenvalue weighted by molar-refractivity contribution is -0.137. The molecule has 0 fully saturated rings. The summed E-state index contributed by atoms with van der Waals surface area (Å²) < 4.78 is 26.9. The summed E-state index contributed by atoms with van der Waals surface area (Å²) in [7, 11) is -3.49. The summed E-state index contributed by atoms with van der Waals surface area (Å²) in [6.45, 7) is 2.32. The van der Waals surface area contributed by atoms with E-state index in [9.17, 15) is 13.2 Å². The zero-order valence-electron chi connectivity index (χ0n) is 17.9. The molecule has 0 atom stereocenters. The third-order valence-electron chi connectivity index (χ3n) is 5.03. The van der Waals surface area contributed by atoms with Crippen LogP contribution in [-0.2, 0) is 14.8 Å². The second-order valence-corrected chi connectivity index (χ2v) is 9.52. The number of aliphatic carboxylic acids is 1. The average molecular weight is 427 g/mol. The van der Waals surface area contributed by atoms with Crippen molar-refractivity contribution < 1.29 is 18.3 Å². The number of rotatable bonds is 18. The van der Waals surface area contributed by atoms with Gasteiger partial charge >= 0.3 is 5.97 Å². The van der Waals surface area contributed by atoms with Crippen molar-refractivity contribution in [1.82, 2.24) is 9.71 Å². The largest absolute Gasteiger partial charge is 0.481 e. The lowest BCUT2D eigenvalue weighted by Crippen LogP contribution is -2.25. The molecule has 0 radical (unpaired) electrons. The van der Waals surface area contributed by atoms with Crippen molar-refractivity contribution in [1.29, 1.82) is 0 Å². The van der Waals surface area contributed by atoms with Gasteiger partial charge in [-0.15, -0.1) is 0 Å². The third-order valence-corrected chi connectivity index (χ3v) is 6.38. The van der Waals surface area contributed by atoms with Crippen molar-refractivity contribution in [3.8, 4) is 0 Å². The van der Waals surface area contributed by atoms with Crippen LogP contribution in [0.5, 0.6) is 0 Å². The van der Waals surface area contributed by atoms with Gasteiger partial charge in [0.15, 0.2) is 5.03 Å². The SMILES string of the molecule is Cc1ccnc(S(=O)(=O)NCCCCCCCCCCCCCCCC(=O)O)c1. The van der Waals surface area contributed by atoms with Crippen molar-refractivity contribution in [2.24, 2.45) is 0 Å². The van der Waals surface area contributed by atoms with Gasteiger partial charge in [-0.2, -0.15) is 0 Å². The van der Waals surface area contributed by atoms with Crippen LogP contribution < -0.4 is 4.72 Å². The first-order valence-electron chi connectivity index (χ1n) is 11.1. The summed E-state index contributed by atoms with van der Waals surface area (Å²) in [6.07, 6.45) is 16.6. The van der Waals surface area contributed by atoms with Gasteiger partial charge in [-0.05, 0) is 37.5 Å². The van der Waals surface area contributed by atoms with Gasteiger partial charge in [-0.25, -0.2) is 18.1 Å². The standard InChI is InChI=1S/C22H38N2O4S/c1-20-16-18-23-21(19-20)29(27,28)24-17-14-12-10-8-6-4-2-3-5-7-9-11-13-15-22(25)26/h16,18-19,24H,2-15,17H2,1H3,(H,25,26). The molecule has 166 valence electrons. The first-order chi connectivity index (χ1) is 13.9. The van der Waals surface area contributed by atoms with E-state index in [1.54, 1.807) is 12.1 Å². The van der Waals surface area contributed by atoms with Crippen LogP contribution >= 0.6 is 0 Å². The number of carbonyl (C=O) groups is 1. The van der Waals surface area contributed by atoms with Crippen molar-refractivity contribution in [3.63, 3.8) is 0 Å². The number of carboxylic acid groups (broad SMARTS) is 1. The first-order valence-corrected chi connectivity index (χ1v) is 12.5. The molecule has 29 heavy (non-hydrogen) atoms. The number of unbranched alkanes of at least 4 members (excludes halogenated alkanes) is 12. The van der Waals surface area contributed by atoms with E-state index in [-0.39, 0.29) is 5.03 Å². The zero-order valence-corrected chi connectivity index (χ0v) is 18.7. The highest BCUT2D eigenvalue weighted by Gasteiger charge is 2.14. The average Bonchev–Trinajstić information content (AvgIpc) is 2.67. The topological polar surface area (TPSA) is 96.4 Å². The molecule has 0 aliphatic heterocycles. The van der Waals surface area contributed by atoms with E-state index in [0.717, 1.165) is 44.1 Å². The lowest BCUT2D eigenvalue weighted by Gasteiger charge is -2.06. The number of hydrogen-bond acceptors (Lipinski definition) is 4. The molecular weight excluding hydrogens is 388 g/mol. The Morgan fingerprint density at radius 1 is 0.897 bits per heavy atom. The summed E-state index contributed by atoms with van der Waals surface area (Å²) in [5, 5.41) is 8.67. The molecule has 0 aromatic carbocycles. The lowest BCUT2D eigenvalue weighted by atomic mass is 10.0. The highest BCUT2D eigenvalue weighted by atomic mass is 32.2. The van der Waals surface area contributed by atoms with Gasteiger partial charge in [0, 0.05) is 19.2 Å².